The van der Waals surface area contributed by atoms with E-state index in [-0.39, 0.29) is 11.9 Å². The van der Waals surface area contributed by atoms with E-state index < -0.39 is 18.7 Å². The van der Waals surface area contributed by atoms with Crippen LogP contribution in [0.4, 0.5) is 14.6 Å². The van der Waals surface area contributed by atoms with Gasteiger partial charge in [-0.05, 0) is 32.8 Å². The van der Waals surface area contributed by atoms with Gasteiger partial charge in [-0.3, -0.25) is 0 Å². The molecular formula is C12H18BF2N3O. The van der Waals surface area contributed by atoms with Crippen molar-refractivity contribution in [2.24, 2.45) is 0 Å². The zero-order valence-corrected chi connectivity index (χ0v) is 11.2. The van der Waals surface area contributed by atoms with Crippen LogP contribution in [-0.2, 0) is 0 Å². The van der Waals surface area contributed by atoms with E-state index in [1.165, 1.54) is 0 Å². The molecule has 0 spiro atoms. The van der Waals surface area contributed by atoms with Gasteiger partial charge in [-0.15, -0.1) is 0 Å². The van der Waals surface area contributed by atoms with Crippen LogP contribution in [-0.4, -0.2) is 48.0 Å². The van der Waals surface area contributed by atoms with E-state index in [0.717, 1.165) is 38.2 Å². The third-order valence-electron chi connectivity index (χ3n) is 3.70. The summed E-state index contributed by atoms with van der Waals surface area (Å²) in [5.41, 5.74) is 0. The Kier molecular flexibility index (Phi) is 4.36. The van der Waals surface area contributed by atoms with Gasteiger partial charge in [0.2, 0.25) is 0 Å². The molecule has 0 atom stereocenters. The molecule has 0 aliphatic carbocycles. The monoisotopic (exact) mass is 269 g/mol. The van der Waals surface area contributed by atoms with Crippen molar-refractivity contribution in [3.8, 4) is 0 Å². The van der Waals surface area contributed by atoms with Crippen LogP contribution in [0.15, 0.2) is 12.3 Å². The molecule has 4 nitrogen and oxygen atoms in total. The molecule has 7 heteroatoms. The Balaban J connectivity index is 2.03. The maximum absolute atomic E-state index is 13.7. The van der Waals surface area contributed by atoms with Gasteiger partial charge in [0.25, 0.3) is 0 Å². The Labute approximate surface area is 112 Å². The molecule has 1 saturated heterocycles. The van der Waals surface area contributed by atoms with Crippen LogP contribution in [0.1, 0.15) is 12.8 Å². The summed E-state index contributed by atoms with van der Waals surface area (Å²) in [6, 6.07) is 1.01. The summed E-state index contributed by atoms with van der Waals surface area (Å²) in [5, 5.41) is 9.49. The Morgan fingerprint density at radius 2 is 2.05 bits per heavy atom. The van der Waals surface area contributed by atoms with Gasteiger partial charge in [0.15, 0.2) is 11.6 Å². The largest absolute Gasteiger partial charge is 0.437 e. The molecule has 1 aromatic rings. The number of piperidine rings is 1. The predicted octanol–water partition coefficient (Wildman–Crippen LogP) is 1.37. The first-order valence-corrected chi connectivity index (χ1v) is 6.45. The van der Waals surface area contributed by atoms with Crippen molar-refractivity contribution in [1.29, 1.82) is 0 Å². The van der Waals surface area contributed by atoms with E-state index in [4.69, 9.17) is 0 Å². The van der Waals surface area contributed by atoms with Gasteiger partial charge in [-0.25, -0.2) is 13.8 Å². The molecule has 0 unspecified atom stereocenters. The highest BCUT2D eigenvalue weighted by Gasteiger charge is 2.27. The first kappa shape index (κ1) is 14.2. The molecule has 19 heavy (non-hydrogen) atoms. The minimum Gasteiger partial charge on any atom is -0.437 e. The van der Waals surface area contributed by atoms with Crippen LogP contribution in [0.3, 0.4) is 0 Å². The Bertz CT molecular complexity index is 439. The van der Waals surface area contributed by atoms with Crippen LogP contribution in [0.2, 0.25) is 6.82 Å². The summed E-state index contributed by atoms with van der Waals surface area (Å²) in [4.78, 5) is 7.55. The van der Waals surface area contributed by atoms with Crippen molar-refractivity contribution in [2.75, 3.05) is 25.0 Å². The summed E-state index contributed by atoms with van der Waals surface area (Å²) < 4.78 is 26.5. The Morgan fingerprint density at radius 1 is 1.42 bits per heavy atom. The van der Waals surface area contributed by atoms with Crippen molar-refractivity contribution >= 4 is 12.9 Å². The van der Waals surface area contributed by atoms with Gasteiger partial charge in [-0.2, -0.15) is 0 Å². The van der Waals surface area contributed by atoms with Crippen LogP contribution >= 0.6 is 0 Å². The van der Waals surface area contributed by atoms with Gasteiger partial charge in [0.1, 0.15) is 5.82 Å². The molecule has 1 aliphatic rings. The Hall–Kier alpha value is -1.21. The van der Waals surface area contributed by atoms with Crippen molar-refractivity contribution < 1.29 is 13.8 Å². The lowest BCUT2D eigenvalue weighted by atomic mass is 9.82. The maximum atomic E-state index is 13.7. The normalized spacial score (nSPS) is 17.5. The second kappa shape index (κ2) is 5.84. The minimum absolute atomic E-state index is 0.155. The van der Waals surface area contributed by atoms with E-state index >= 15 is 0 Å². The van der Waals surface area contributed by atoms with E-state index in [1.54, 1.807) is 18.8 Å². The highest BCUT2D eigenvalue weighted by Crippen LogP contribution is 2.23. The molecule has 1 aromatic heterocycles. The van der Waals surface area contributed by atoms with Crippen LogP contribution in [0.5, 0.6) is 0 Å². The number of hydrogen-bond acceptors (Lipinski definition) is 4. The highest BCUT2D eigenvalue weighted by atomic mass is 19.1. The van der Waals surface area contributed by atoms with Crippen molar-refractivity contribution in [1.82, 2.24) is 9.79 Å². The predicted molar refractivity (Wildman–Crippen MR) is 71.0 cm³/mol. The maximum Gasteiger partial charge on any atom is 0.376 e. The molecule has 0 saturated carbocycles. The fraction of sp³-hybridized carbons (Fsp3) is 0.583. The lowest BCUT2D eigenvalue weighted by molar-refractivity contribution is 0.285. The second-order valence-corrected chi connectivity index (χ2v) is 4.97. The number of anilines is 1. The minimum atomic E-state index is -0.668. The van der Waals surface area contributed by atoms with Gasteiger partial charge in [-0.1, -0.05) is 0 Å². The number of halogens is 2. The quantitative estimate of drug-likeness (QED) is 0.841. The molecule has 0 amide bonds. The molecule has 0 radical (unpaired) electrons. The number of pyridine rings is 1. The molecule has 2 rings (SSSR count). The van der Waals surface area contributed by atoms with E-state index in [2.05, 4.69) is 4.98 Å². The average Bonchev–Trinajstić information content (AvgIpc) is 2.38. The third kappa shape index (κ3) is 3.22. The molecule has 0 bridgehead atoms. The summed E-state index contributed by atoms with van der Waals surface area (Å²) in [5.74, 6) is -1.13. The third-order valence-corrected chi connectivity index (χ3v) is 3.70. The van der Waals surface area contributed by atoms with Crippen LogP contribution in [0.25, 0.3) is 0 Å². The van der Waals surface area contributed by atoms with E-state index in [0.29, 0.717) is 0 Å². The molecule has 1 aliphatic heterocycles. The fourth-order valence-electron chi connectivity index (χ4n) is 2.49. The first-order chi connectivity index (χ1) is 8.99. The lowest BCUT2D eigenvalue weighted by Gasteiger charge is -2.37. The average molecular weight is 269 g/mol. The molecular weight excluding hydrogens is 251 g/mol. The zero-order chi connectivity index (χ0) is 14.0. The Morgan fingerprint density at radius 3 is 2.58 bits per heavy atom. The standard InChI is InChI=1S/C12H18BF2N3O/c1-13(19)18-5-3-10(4-6-18)17(2)12-11(15)7-9(14)8-16-12/h7-8,10,19H,3-6H2,1-2H3. The summed E-state index contributed by atoms with van der Waals surface area (Å²) in [6.07, 6.45) is 2.67. The summed E-state index contributed by atoms with van der Waals surface area (Å²) >= 11 is 0. The van der Waals surface area contributed by atoms with Crippen molar-refractivity contribution in [3.05, 3.63) is 23.9 Å². The van der Waals surface area contributed by atoms with E-state index in [9.17, 15) is 13.8 Å². The zero-order valence-electron chi connectivity index (χ0n) is 11.2. The van der Waals surface area contributed by atoms with E-state index in [1.807, 2.05) is 4.81 Å². The number of rotatable bonds is 3. The van der Waals surface area contributed by atoms with Gasteiger partial charge >= 0.3 is 7.05 Å². The van der Waals surface area contributed by atoms with Gasteiger partial charge in [0, 0.05) is 19.2 Å². The molecule has 2 heterocycles. The SMILES string of the molecule is CB(O)N1CCC(N(C)c2ncc(F)cc2F)CC1. The lowest BCUT2D eigenvalue weighted by Crippen LogP contribution is -2.48. The number of hydrogen-bond donors (Lipinski definition) is 1. The smallest absolute Gasteiger partial charge is 0.376 e. The molecule has 1 fully saturated rings. The molecule has 104 valence electrons. The van der Waals surface area contributed by atoms with Gasteiger partial charge < -0.3 is 14.7 Å². The fourth-order valence-corrected chi connectivity index (χ4v) is 2.49. The highest BCUT2D eigenvalue weighted by molar-refractivity contribution is 6.45. The molecule has 0 aromatic carbocycles. The first-order valence-electron chi connectivity index (χ1n) is 6.45. The van der Waals surface area contributed by atoms with Crippen molar-refractivity contribution in [3.63, 3.8) is 0 Å². The summed E-state index contributed by atoms with van der Waals surface area (Å²) in [6.45, 7) is 3.26. The topological polar surface area (TPSA) is 39.6 Å². The van der Waals surface area contributed by atoms with Gasteiger partial charge in [0.05, 0.1) is 6.20 Å². The molecule has 1 N–H and O–H groups in total. The number of nitrogens with zero attached hydrogens (tertiary/aromatic N) is 3. The van der Waals surface area contributed by atoms with Crippen LogP contribution in [0, 0.1) is 11.6 Å². The van der Waals surface area contributed by atoms with Crippen molar-refractivity contribution in [2.45, 2.75) is 25.7 Å². The second-order valence-electron chi connectivity index (χ2n) is 4.97. The number of aromatic nitrogens is 1. The van der Waals surface area contributed by atoms with Crippen LogP contribution < -0.4 is 4.90 Å². The summed E-state index contributed by atoms with van der Waals surface area (Å²) in [7, 11) is 1.32.